The van der Waals surface area contributed by atoms with Crippen LogP contribution in [-0.2, 0) is 32.6 Å². The van der Waals surface area contributed by atoms with Crippen LogP contribution in [0.25, 0.3) is 0 Å². The normalized spacial score (nSPS) is 11.7. The van der Waals surface area contributed by atoms with E-state index in [0.29, 0.717) is 23.6 Å². The number of anilines is 1. The number of methoxy groups -OCH3 is 3. The molecular weight excluding hydrogens is 618 g/mol. The molecule has 0 radical (unpaired) electrons. The number of carbonyl (C=O) groups excluding carboxylic acids is 2. The molecule has 4 rings (SSSR count). The number of ether oxygens (including phenoxy) is 3. The molecular formula is C36H41N3O7S. The molecule has 248 valence electrons. The Kier molecular flexibility index (Phi) is 11.9. The lowest BCUT2D eigenvalue weighted by atomic mass is 10.0. The van der Waals surface area contributed by atoms with Crippen LogP contribution in [0.5, 0.6) is 17.2 Å². The summed E-state index contributed by atoms with van der Waals surface area (Å²) in [6, 6.07) is 26.7. The van der Waals surface area contributed by atoms with Crippen molar-refractivity contribution in [3.8, 4) is 17.2 Å². The molecule has 0 aliphatic carbocycles. The van der Waals surface area contributed by atoms with Crippen LogP contribution in [0.1, 0.15) is 23.6 Å². The Bertz CT molecular complexity index is 1760. The third-order valence-electron chi connectivity index (χ3n) is 7.65. The SMILES string of the molecule is CCNC(=O)[C@@H](Cc1ccccc1)N(Cc1cccc(OC)c1)C(=O)CN(c1cc(OC)ccc1OC)S(=O)(=O)c1ccc(C)cc1. The van der Waals surface area contributed by atoms with E-state index in [1.54, 1.807) is 56.5 Å². The Morgan fingerprint density at radius 1 is 0.787 bits per heavy atom. The molecule has 0 aliphatic heterocycles. The van der Waals surface area contributed by atoms with Gasteiger partial charge in [-0.05, 0) is 61.4 Å². The van der Waals surface area contributed by atoms with Crippen molar-refractivity contribution in [3.05, 3.63) is 114 Å². The molecule has 10 nitrogen and oxygen atoms in total. The van der Waals surface area contributed by atoms with E-state index < -0.39 is 28.5 Å². The van der Waals surface area contributed by atoms with Gasteiger partial charge in [0.1, 0.15) is 29.8 Å². The number of sulfonamides is 1. The molecule has 0 saturated carbocycles. The molecule has 4 aromatic carbocycles. The zero-order valence-electron chi connectivity index (χ0n) is 27.3. The topological polar surface area (TPSA) is 114 Å². The fourth-order valence-corrected chi connectivity index (χ4v) is 6.57. The number of aryl methyl sites for hydroxylation is 1. The summed E-state index contributed by atoms with van der Waals surface area (Å²) in [6.07, 6.45) is 0.204. The van der Waals surface area contributed by atoms with Crippen LogP contribution in [-0.4, -0.2) is 65.6 Å². The van der Waals surface area contributed by atoms with Crippen LogP contribution in [0.15, 0.2) is 102 Å². The van der Waals surface area contributed by atoms with E-state index in [4.69, 9.17) is 14.2 Å². The van der Waals surface area contributed by atoms with E-state index in [1.807, 2.05) is 43.3 Å². The first-order valence-corrected chi connectivity index (χ1v) is 16.6. The number of amides is 2. The minimum Gasteiger partial charge on any atom is -0.497 e. The maximum absolute atomic E-state index is 14.6. The van der Waals surface area contributed by atoms with Gasteiger partial charge < -0.3 is 24.4 Å². The first kappa shape index (κ1) is 34.8. The second-order valence-corrected chi connectivity index (χ2v) is 12.7. The van der Waals surface area contributed by atoms with E-state index in [2.05, 4.69) is 5.32 Å². The smallest absolute Gasteiger partial charge is 0.264 e. The predicted molar refractivity (Wildman–Crippen MR) is 181 cm³/mol. The summed E-state index contributed by atoms with van der Waals surface area (Å²) in [7, 11) is 0.105. The molecule has 4 aromatic rings. The monoisotopic (exact) mass is 659 g/mol. The van der Waals surface area contributed by atoms with Crippen LogP contribution in [0.4, 0.5) is 5.69 Å². The summed E-state index contributed by atoms with van der Waals surface area (Å²) in [6.45, 7) is 3.39. The molecule has 0 unspecified atom stereocenters. The minimum absolute atomic E-state index is 0.00956. The van der Waals surface area contributed by atoms with Gasteiger partial charge in [0.25, 0.3) is 10.0 Å². The molecule has 1 N–H and O–H groups in total. The second-order valence-electron chi connectivity index (χ2n) is 10.8. The maximum atomic E-state index is 14.6. The van der Waals surface area contributed by atoms with Crippen LogP contribution in [0.2, 0.25) is 0 Å². The summed E-state index contributed by atoms with van der Waals surface area (Å²) in [5.41, 5.74) is 2.53. The van der Waals surface area contributed by atoms with Crippen molar-refractivity contribution >= 4 is 27.5 Å². The van der Waals surface area contributed by atoms with Crippen LogP contribution in [0, 0.1) is 6.92 Å². The molecule has 0 fully saturated rings. The van der Waals surface area contributed by atoms with Gasteiger partial charge in [-0.25, -0.2) is 8.42 Å². The van der Waals surface area contributed by atoms with E-state index in [9.17, 15) is 18.0 Å². The molecule has 11 heteroatoms. The number of likely N-dealkylation sites (N-methyl/N-ethyl adjacent to an activating group) is 1. The number of hydrogen-bond donors (Lipinski definition) is 1. The number of rotatable bonds is 15. The second kappa shape index (κ2) is 16.0. The fraction of sp³-hybridized carbons (Fsp3) is 0.278. The molecule has 0 aromatic heterocycles. The van der Waals surface area contributed by atoms with Gasteiger partial charge in [-0.15, -0.1) is 0 Å². The fourth-order valence-electron chi connectivity index (χ4n) is 5.16. The summed E-state index contributed by atoms with van der Waals surface area (Å²) in [5.74, 6) is 0.213. The minimum atomic E-state index is -4.33. The van der Waals surface area contributed by atoms with E-state index >= 15 is 0 Å². The summed E-state index contributed by atoms with van der Waals surface area (Å²) >= 11 is 0. The van der Waals surface area contributed by atoms with Gasteiger partial charge in [0.15, 0.2) is 0 Å². The molecule has 0 spiro atoms. The molecule has 1 atom stereocenters. The quantitative estimate of drug-likeness (QED) is 0.191. The van der Waals surface area contributed by atoms with Gasteiger partial charge in [0.05, 0.1) is 31.9 Å². The third-order valence-corrected chi connectivity index (χ3v) is 9.43. The Morgan fingerprint density at radius 2 is 1.45 bits per heavy atom. The molecule has 0 bridgehead atoms. The van der Waals surface area contributed by atoms with Gasteiger partial charge in [0, 0.05) is 25.6 Å². The number of benzene rings is 4. The van der Waals surface area contributed by atoms with Crippen molar-refractivity contribution in [1.82, 2.24) is 10.2 Å². The molecule has 0 saturated heterocycles. The lowest BCUT2D eigenvalue weighted by molar-refractivity contribution is -0.140. The standard InChI is InChI=1S/C36H41N3O7S/c1-6-37-36(41)33(22-27-11-8-7-9-12-27)38(24-28-13-10-14-29(21-28)44-3)35(40)25-39(32-23-30(45-4)17-20-34(32)46-5)47(42,43)31-18-15-26(2)16-19-31/h7-21,23,33H,6,22,24-25H2,1-5H3,(H,37,41)/t33-/m1/s1. The van der Waals surface area contributed by atoms with Crippen molar-refractivity contribution in [2.75, 3.05) is 38.7 Å². The average molecular weight is 660 g/mol. The molecule has 0 aliphatic rings. The highest BCUT2D eigenvalue weighted by Gasteiger charge is 2.35. The van der Waals surface area contributed by atoms with E-state index in [1.165, 1.54) is 37.3 Å². The van der Waals surface area contributed by atoms with E-state index in [-0.39, 0.29) is 35.2 Å². The lowest BCUT2D eigenvalue weighted by Gasteiger charge is -2.34. The Labute approximate surface area is 276 Å². The van der Waals surface area contributed by atoms with Crippen LogP contribution < -0.4 is 23.8 Å². The molecule has 47 heavy (non-hydrogen) atoms. The van der Waals surface area contributed by atoms with Gasteiger partial charge in [0.2, 0.25) is 11.8 Å². The third kappa shape index (κ3) is 8.62. The number of carbonyl (C=O) groups is 2. The van der Waals surface area contributed by atoms with Crippen LogP contribution >= 0.6 is 0 Å². The summed E-state index contributed by atoms with van der Waals surface area (Å²) in [4.78, 5) is 29.8. The number of nitrogens with zero attached hydrogens (tertiary/aromatic N) is 2. The van der Waals surface area contributed by atoms with E-state index in [0.717, 1.165) is 15.4 Å². The first-order valence-electron chi connectivity index (χ1n) is 15.2. The maximum Gasteiger partial charge on any atom is 0.264 e. The average Bonchev–Trinajstić information content (AvgIpc) is 3.09. The van der Waals surface area contributed by atoms with Gasteiger partial charge in [-0.3, -0.25) is 13.9 Å². The van der Waals surface area contributed by atoms with Gasteiger partial charge in [-0.1, -0.05) is 60.2 Å². The predicted octanol–water partition coefficient (Wildman–Crippen LogP) is 4.99. The van der Waals surface area contributed by atoms with Gasteiger partial charge in [-0.2, -0.15) is 0 Å². The number of nitrogens with one attached hydrogen (secondary N) is 1. The van der Waals surface area contributed by atoms with Gasteiger partial charge >= 0.3 is 0 Å². The highest BCUT2D eigenvalue weighted by molar-refractivity contribution is 7.92. The first-order chi connectivity index (χ1) is 22.6. The number of hydrogen-bond acceptors (Lipinski definition) is 7. The highest BCUT2D eigenvalue weighted by atomic mass is 32.2. The largest absolute Gasteiger partial charge is 0.497 e. The summed E-state index contributed by atoms with van der Waals surface area (Å²) in [5, 5.41) is 2.86. The molecule has 2 amide bonds. The van der Waals surface area contributed by atoms with Crippen LogP contribution in [0.3, 0.4) is 0 Å². The van der Waals surface area contributed by atoms with Crippen molar-refractivity contribution < 1.29 is 32.2 Å². The zero-order valence-corrected chi connectivity index (χ0v) is 28.1. The zero-order chi connectivity index (χ0) is 34.0. The Balaban J connectivity index is 1.87. The molecule has 0 heterocycles. The van der Waals surface area contributed by atoms with Crippen molar-refractivity contribution in [1.29, 1.82) is 0 Å². The van der Waals surface area contributed by atoms with Crippen molar-refractivity contribution in [2.45, 2.75) is 37.8 Å². The van der Waals surface area contributed by atoms with Crippen molar-refractivity contribution in [3.63, 3.8) is 0 Å². The lowest BCUT2D eigenvalue weighted by Crippen LogP contribution is -2.53. The Morgan fingerprint density at radius 3 is 2.09 bits per heavy atom. The summed E-state index contributed by atoms with van der Waals surface area (Å²) < 4.78 is 46.2. The Hall–Kier alpha value is -5.03. The van der Waals surface area contributed by atoms with Crippen molar-refractivity contribution in [2.24, 2.45) is 0 Å². The highest BCUT2D eigenvalue weighted by Crippen LogP contribution is 2.36.